The Morgan fingerprint density at radius 3 is 2.70 bits per heavy atom. The molecule has 1 N–H and O–H groups in total. The van der Waals surface area contributed by atoms with Crippen molar-refractivity contribution in [2.24, 2.45) is 0 Å². The van der Waals surface area contributed by atoms with E-state index in [1.807, 2.05) is 31.2 Å². The third kappa shape index (κ3) is 7.11. The Morgan fingerprint density at radius 2 is 1.90 bits per heavy atom. The molecule has 1 amide bonds. The summed E-state index contributed by atoms with van der Waals surface area (Å²) in [5, 5.41) is 5.96. The largest absolute Gasteiger partial charge is 0.486 e. The van der Waals surface area contributed by atoms with Crippen LogP contribution in [0.4, 0.5) is 5.69 Å². The molecule has 6 nitrogen and oxygen atoms in total. The first-order valence-electron chi connectivity index (χ1n) is 9.52. The molecule has 0 saturated carbocycles. The second-order valence-electron chi connectivity index (χ2n) is 6.27. The number of hydrogen-bond donors (Lipinski definition) is 1. The summed E-state index contributed by atoms with van der Waals surface area (Å²) in [4.78, 5) is 16.9. The number of nitrogens with one attached hydrogen (secondary N) is 1. The van der Waals surface area contributed by atoms with Gasteiger partial charge in [-0.15, -0.1) is 11.3 Å². The molecular formula is C22H23ClN2O4S. The van der Waals surface area contributed by atoms with Crippen molar-refractivity contribution in [1.29, 1.82) is 0 Å². The third-order valence-electron chi connectivity index (χ3n) is 3.99. The molecule has 0 aliphatic heterocycles. The van der Waals surface area contributed by atoms with Gasteiger partial charge in [0.25, 0.3) is 5.91 Å². The molecule has 30 heavy (non-hydrogen) atoms. The highest BCUT2D eigenvalue weighted by atomic mass is 35.5. The molecule has 0 unspecified atom stereocenters. The highest BCUT2D eigenvalue weighted by Gasteiger charge is 2.12. The van der Waals surface area contributed by atoms with Crippen LogP contribution in [0.2, 0.25) is 5.02 Å². The molecule has 0 bridgehead atoms. The van der Waals surface area contributed by atoms with E-state index in [1.54, 1.807) is 29.6 Å². The maximum atomic E-state index is 12.5. The van der Waals surface area contributed by atoms with Crippen molar-refractivity contribution in [2.45, 2.75) is 20.1 Å². The van der Waals surface area contributed by atoms with E-state index >= 15 is 0 Å². The predicted molar refractivity (Wildman–Crippen MR) is 118 cm³/mol. The Kier molecular flexibility index (Phi) is 8.65. The van der Waals surface area contributed by atoms with Gasteiger partial charge in [0.15, 0.2) is 0 Å². The van der Waals surface area contributed by atoms with Crippen LogP contribution in [0.3, 0.4) is 0 Å². The molecule has 3 aromatic rings. The van der Waals surface area contributed by atoms with Crippen molar-refractivity contribution < 1.29 is 19.0 Å². The van der Waals surface area contributed by atoms with Crippen LogP contribution in [-0.2, 0) is 22.7 Å². The Hall–Kier alpha value is -2.45. The zero-order valence-corrected chi connectivity index (χ0v) is 18.2. The number of nitrogens with zero attached hydrogens (tertiary/aromatic N) is 1. The molecule has 0 aliphatic carbocycles. The van der Waals surface area contributed by atoms with Crippen LogP contribution in [0, 0.1) is 0 Å². The van der Waals surface area contributed by atoms with Gasteiger partial charge in [-0.2, -0.15) is 0 Å². The molecule has 0 saturated heterocycles. The van der Waals surface area contributed by atoms with Gasteiger partial charge in [-0.3, -0.25) is 4.79 Å². The first-order valence-corrected chi connectivity index (χ1v) is 10.8. The van der Waals surface area contributed by atoms with Gasteiger partial charge in [-0.1, -0.05) is 23.7 Å². The zero-order chi connectivity index (χ0) is 21.2. The van der Waals surface area contributed by atoms with E-state index in [0.717, 1.165) is 5.56 Å². The van der Waals surface area contributed by atoms with Gasteiger partial charge in [0.2, 0.25) is 0 Å². The Bertz CT molecular complexity index is 946. The van der Waals surface area contributed by atoms with E-state index in [9.17, 15) is 4.79 Å². The molecule has 3 rings (SSSR count). The fourth-order valence-electron chi connectivity index (χ4n) is 2.54. The van der Waals surface area contributed by atoms with Crippen LogP contribution >= 0.6 is 22.9 Å². The number of rotatable bonds is 11. The number of carbonyl (C=O) groups is 1. The number of amides is 1. The number of aromatic nitrogens is 1. The summed E-state index contributed by atoms with van der Waals surface area (Å²) in [6.45, 7) is 4.47. The molecule has 8 heteroatoms. The van der Waals surface area contributed by atoms with Crippen LogP contribution < -0.4 is 10.1 Å². The van der Waals surface area contributed by atoms with Gasteiger partial charge in [0.05, 0.1) is 19.8 Å². The van der Waals surface area contributed by atoms with Crippen LogP contribution in [0.15, 0.2) is 53.9 Å². The lowest BCUT2D eigenvalue weighted by molar-refractivity contribution is 0.0453. The molecule has 0 atom stereocenters. The van der Waals surface area contributed by atoms with Gasteiger partial charge in [0.1, 0.15) is 23.1 Å². The van der Waals surface area contributed by atoms with E-state index < -0.39 is 0 Å². The van der Waals surface area contributed by atoms with Crippen LogP contribution in [0.5, 0.6) is 5.75 Å². The van der Waals surface area contributed by atoms with E-state index in [4.69, 9.17) is 25.8 Å². The van der Waals surface area contributed by atoms with Crippen molar-refractivity contribution >= 4 is 34.5 Å². The SMILES string of the molecule is CCOCCOCc1cccc(NC(=O)c2csc(COc3ccc(Cl)cc3)n2)c1. The van der Waals surface area contributed by atoms with Crippen molar-refractivity contribution in [3.8, 4) is 5.75 Å². The minimum Gasteiger partial charge on any atom is -0.486 e. The minimum atomic E-state index is -0.265. The Morgan fingerprint density at radius 1 is 1.10 bits per heavy atom. The second kappa shape index (κ2) is 11.7. The standard InChI is InChI=1S/C22H23ClN2O4S/c1-2-27-10-11-28-13-16-4-3-5-18(12-16)24-22(26)20-15-30-21(25-20)14-29-19-8-6-17(23)7-9-19/h3-9,12,15H,2,10-11,13-14H2,1H3,(H,24,26). The van der Waals surface area contributed by atoms with Crippen molar-refractivity contribution in [2.75, 3.05) is 25.1 Å². The summed E-state index contributed by atoms with van der Waals surface area (Å²) in [5.41, 5.74) is 2.02. The summed E-state index contributed by atoms with van der Waals surface area (Å²) in [6, 6.07) is 14.6. The van der Waals surface area contributed by atoms with Gasteiger partial charge in [-0.25, -0.2) is 4.98 Å². The average molecular weight is 447 g/mol. The molecule has 1 heterocycles. The lowest BCUT2D eigenvalue weighted by atomic mass is 10.2. The third-order valence-corrected chi connectivity index (χ3v) is 5.06. The number of thiazole rings is 1. The summed E-state index contributed by atoms with van der Waals surface area (Å²) in [7, 11) is 0. The monoisotopic (exact) mass is 446 g/mol. The quantitative estimate of drug-likeness (QED) is 0.411. The topological polar surface area (TPSA) is 69.7 Å². The first kappa shape index (κ1) is 22.2. The predicted octanol–water partition coefficient (Wildman–Crippen LogP) is 5.18. The molecule has 2 aromatic carbocycles. The van der Waals surface area contributed by atoms with Crippen molar-refractivity contribution in [3.63, 3.8) is 0 Å². The highest BCUT2D eigenvalue weighted by Crippen LogP contribution is 2.19. The van der Waals surface area contributed by atoms with Gasteiger partial charge < -0.3 is 19.5 Å². The fourth-order valence-corrected chi connectivity index (χ4v) is 3.35. The number of anilines is 1. The van der Waals surface area contributed by atoms with Crippen molar-refractivity contribution in [1.82, 2.24) is 4.98 Å². The normalized spacial score (nSPS) is 10.7. The minimum absolute atomic E-state index is 0.265. The number of halogens is 1. The van der Waals surface area contributed by atoms with Crippen molar-refractivity contribution in [3.05, 3.63) is 75.2 Å². The van der Waals surface area contributed by atoms with Gasteiger partial charge >= 0.3 is 0 Å². The summed E-state index contributed by atoms with van der Waals surface area (Å²) in [6.07, 6.45) is 0. The van der Waals surface area contributed by atoms with E-state index in [0.29, 0.717) is 53.6 Å². The molecular weight excluding hydrogens is 424 g/mol. The number of benzene rings is 2. The maximum Gasteiger partial charge on any atom is 0.275 e. The van der Waals surface area contributed by atoms with E-state index in [-0.39, 0.29) is 12.5 Å². The molecule has 0 spiro atoms. The molecule has 1 aromatic heterocycles. The lowest BCUT2D eigenvalue weighted by Gasteiger charge is -2.08. The zero-order valence-electron chi connectivity index (χ0n) is 16.6. The molecule has 0 radical (unpaired) electrons. The van der Waals surface area contributed by atoms with E-state index in [1.165, 1.54) is 11.3 Å². The number of ether oxygens (including phenoxy) is 3. The average Bonchev–Trinajstić information content (AvgIpc) is 3.23. The highest BCUT2D eigenvalue weighted by molar-refractivity contribution is 7.09. The number of carbonyl (C=O) groups excluding carboxylic acids is 1. The molecule has 158 valence electrons. The smallest absolute Gasteiger partial charge is 0.275 e. The van der Waals surface area contributed by atoms with Crippen LogP contribution in [0.1, 0.15) is 28.0 Å². The lowest BCUT2D eigenvalue weighted by Crippen LogP contribution is -2.13. The van der Waals surface area contributed by atoms with Crippen LogP contribution in [0.25, 0.3) is 0 Å². The first-order chi connectivity index (χ1) is 14.6. The Balaban J connectivity index is 1.50. The number of hydrogen-bond acceptors (Lipinski definition) is 6. The summed E-state index contributed by atoms with van der Waals surface area (Å²) < 4.78 is 16.5. The molecule has 0 aliphatic rings. The van der Waals surface area contributed by atoms with Crippen LogP contribution in [-0.4, -0.2) is 30.7 Å². The van der Waals surface area contributed by atoms with E-state index in [2.05, 4.69) is 10.3 Å². The van der Waals surface area contributed by atoms with Gasteiger partial charge in [-0.05, 0) is 48.9 Å². The van der Waals surface area contributed by atoms with Gasteiger partial charge in [0, 0.05) is 22.7 Å². The Labute approximate surface area is 184 Å². The summed E-state index contributed by atoms with van der Waals surface area (Å²) >= 11 is 7.24. The maximum absolute atomic E-state index is 12.5. The second-order valence-corrected chi connectivity index (χ2v) is 7.65. The molecule has 0 fully saturated rings. The summed E-state index contributed by atoms with van der Waals surface area (Å²) in [5.74, 6) is 0.430. The fraction of sp³-hybridized carbons (Fsp3) is 0.273.